The summed E-state index contributed by atoms with van der Waals surface area (Å²) in [6.07, 6.45) is 5.26. The Balaban J connectivity index is 1.41. The number of hydrogen-bond acceptors (Lipinski definition) is 9. The van der Waals surface area contributed by atoms with Gasteiger partial charge < -0.3 is 24.0 Å². The van der Waals surface area contributed by atoms with Gasteiger partial charge in [0.05, 0.1) is 49.6 Å². The summed E-state index contributed by atoms with van der Waals surface area (Å²) in [5, 5.41) is 20.7. The summed E-state index contributed by atoms with van der Waals surface area (Å²) in [7, 11) is 0. The van der Waals surface area contributed by atoms with E-state index in [9.17, 15) is 5.26 Å². The maximum absolute atomic E-state index is 10.2. The molecule has 4 atom stereocenters. The molecule has 4 aliphatic rings. The molecule has 0 saturated carbocycles. The second kappa shape index (κ2) is 9.52. The molecule has 0 spiro atoms. The Morgan fingerprint density at radius 1 is 0.974 bits per heavy atom. The zero-order chi connectivity index (χ0) is 25.8. The summed E-state index contributed by atoms with van der Waals surface area (Å²) in [4.78, 5) is 9.97. The second-order valence-corrected chi connectivity index (χ2v) is 10.9. The molecule has 0 radical (unpaired) electrons. The number of hydrogen-bond donors (Lipinski definition) is 0. The van der Waals surface area contributed by atoms with E-state index in [1.54, 1.807) is 4.68 Å². The van der Waals surface area contributed by atoms with E-state index in [1.807, 2.05) is 17.7 Å². The molecular weight excluding hydrogens is 484 g/mol. The number of rotatable bonds is 4. The fourth-order valence-corrected chi connectivity index (χ4v) is 6.55. The molecule has 7 rings (SSSR count). The number of nitrogens with zero attached hydrogens (tertiary/aromatic N) is 8. The van der Waals surface area contributed by atoms with Crippen LogP contribution in [-0.4, -0.2) is 82.2 Å². The Labute approximate surface area is 221 Å². The summed E-state index contributed by atoms with van der Waals surface area (Å²) in [6.45, 7) is 8.41. The third-order valence-corrected chi connectivity index (χ3v) is 8.45. The van der Waals surface area contributed by atoms with Gasteiger partial charge in [0.2, 0.25) is 0 Å². The van der Waals surface area contributed by atoms with Crippen molar-refractivity contribution in [1.29, 1.82) is 5.26 Å². The van der Waals surface area contributed by atoms with Gasteiger partial charge in [0.1, 0.15) is 11.9 Å². The Morgan fingerprint density at radius 3 is 2.55 bits per heavy atom. The van der Waals surface area contributed by atoms with E-state index in [1.165, 1.54) is 0 Å². The summed E-state index contributed by atoms with van der Waals surface area (Å²) in [6, 6.07) is 7.31. The Morgan fingerprint density at radius 2 is 1.82 bits per heavy atom. The highest BCUT2D eigenvalue weighted by atomic mass is 16.5. The van der Waals surface area contributed by atoms with E-state index in [-0.39, 0.29) is 12.3 Å². The van der Waals surface area contributed by atoms with Crippen LogP contribution in [-0.2, 0) is 14.2 Å². The van der Waals surface area contributed by atoms with Gasteiger partial charge in [0, 0.05) is 37.0 Å². The van der Waals surface area contributed by atoms with Crippen LogP contribution in [0.4, 0.5) is 11.5 Å². The van der Waals surface area contributed by atoms with Gasteiger partial charge in [-0.15, -0.1) is 0 Å². The summed E-state index contributed by atoms with van der Waals surface area (Å²) in [5.41, 5.74) is 3.01. The smallest absolute Gasteiger partial charge is 0.177 e. The minimum absolute atomic E-state index is 0.0768. The van der Waals surface area contributed by atoms with E-state index < -0.39 is 0 Å². The van der Waals surface area contributed by atoms with Crippen molar-refractivity contribution in [2.75, 3.05) is 49.4 Å². The van der Waals surface area contributed by atoms with E-state index >= 15 is 0 Å². The van der Waals surface area contributed by atoms with Crippen LogP contribution in [0.3, 0.4) is 0 Å². The molecule has 200 valence electrons. The van der Waals surface area contributed by atoms with E-state index in [2.05, 4.69) is 28.9 Å². The van der Waals surface area contributed by atoms with Crippen LogP contribution in [0.5, 0.6) is 0 Å². The van der Waals surface area contributed by atoms with Crippen molar-refractivity contribution in [3.63, 3.8) is 0 Å². The largest absolute Gasteiger partial charge is 0.377 e. The first-order valence-corrected chi connectivity index (χ1v) is 13.8. The molecule has 38 heavy (non-hydrogen) atoms. The fourth-order valence-electron chi connectivity index (χ4n) is 6.55. The normalized spacial score (nSPS) is 27.7. The first kappa shape index (κ1) is 23.9. The highest BCUT2D eigenvalue weighted by Gasteiger charge is 2.39. The van der Waals surface area contributed by atoms with Crippen LogP contribution in [0.15, 0.2) is 12.1 Å². The highest BCUT2D eigenvalue weighted by molar-refractivity contribution is 5.96. The minimum atomic E-state index is -0.0768. The lowest BCUT2D eigenvalue weighted by atomic mass is 10.1. The molecule has 4 aliphatic heterocycles. The SMILES string of the molecule is Cc1cc(-n2nc(C#N)c3c(N4CCOC[C@H]4C)cc(N4C5CCC4COC5)nc32)nn1C1CCCCO1. The topological polar surface area (TPSA) is 106 Å². The fraction of sp³-hybridized carbons (Fsp3) is 0.630. The number of morpholine rings is 2. The van der Waals surface area contributed by atoms with Crippen LogP contribution in [0.2, 0.25) is 0 Å². The van der Waals surface area contributed by atoms with Crippen molar-refractivity contribution in [2.45, 2.75) is 70.3 Å². The lowest BCUT2D eigenvalue weighted by molar-refractivity contribution is -0.0406. The molecule has 0 aliphatic carbocycles. The van der Waals surface area contributed by atoms with Crippen molar-refractivity contribution in [3.8, 4) is 11.9 Å². The summed E-state index contributed by atoms with van der Waals surface area (Å²) in [5.74, 6) is 1.57. The van der Waals surface area contributed by atoms with Crippen molar-refractivity contribution >= 4 is 22.5 Å². The van der Waals surface area contributed by atoms with Gasteiger partial charge in [0.25, 0.3) is 0 Å². The lowest BCUT2D eigenvalue weighted by Gasteiger charge is -2.38. The first-order valence-electron chi connectivity index (χ1n) is 13.8. The molecule has 0 amide bonds. The van der Waals surface area contributed by atoms with Gasteiger partial charge in [-0.2, -0.15) is 20.1 Å². The van der Waals surface area contributed by atoms with Gasteiger partial charge in [-0.05, 0) is 46.0 Å². The zero-order valence-corrected chi connectivity index (χ0v) is 22.0. The predicted octanol–water partition coefficient (Wildman–Crippen LogP) is 3.09. The maximum atomic E-state index is 10.2. The molecule has 7 heterocycles. The number of fused-ring (bicyclic) bond motifs is 3. The molecule has 2 bridgehead atoms. The molecule has 3 aromatic heterocycles. The molecule has 4 fully saturated rings. The molecule has 0 aromatic carbocycles. The number of aromatic nitrogens is 5. The van der Waals surface area contributed by atoms with Crippen LogP contribution in [0.1, 0.15) is 56.6 Å². The summed E-state index contributed by atoms with van der Waals surface area (Å²) >= 11 is 0. The Bertz CT molecular complexity index is 1370. The minimum Gasteiger partial charge on any atom is -0.377 e. The summed E-state index contributed by atoms with van der Waals surface area (Å²) < 4.78 is 21.3. The molecule has 3 unspecified atom stereocenters. The molecule has 0 N–H and O–H groups in total. The van der Waals surface area contributed by atoms with E-state index in [0.717, 1.165) is 67.8 Å². The average Bonchev–Trinajstić information content (AvgIpc) is 3.59. The maximum Gasteiger partial charge on any atom is 0.177 e. The number of nitriles is 1. The van der Waals surface area contributed by atoms with Crippen LogP contribution in [0, 0.1) is 18.3 Å². The van der Waals surface area contributed by atoms with Crippen molar-refractivity contribution in [2.24, 2.45) is 0 Å². The van der Waals surface area contributed by atoms with Gasteiger partial charge in [-0.3, -0.25) is 0 Å². The van der Waals surface area contributed by atoms with E-state index in [4.69, 9.17) is 29.4 Å². The standard InChI is InChI=1S/C27H34N8O3/c1-17-11-24(31-34(17)25-5-3-4-9-38-25)35-27-26(21(13-28)30-35)22(32-8-10-36-14-18(32)2)12-23(29-27)33-19-6-7-20(33)16-37-15-19/h11-12,18-20,25H,3-10,14-16H2,1-2H3/t18-,19?,20?,25?/m1/s1. The third-order valence-electron chi connectivity index (χ3n) is 8.45. The zero-order valence-electron chi connectivity index (χ0n) is 22.0. The van der Waals surface area contributed by atoms with Crippen molar-refractivity contribution in [3.05, 3.63) is 23.5 Å². The molecule has 4 saturated heterocycles. The average molecular weight is 519 g/mol. The van der Waals surface area contributed by atoms with Crippen molar-refractivity contribution < 1.29 is 14.2 Å². The number of anilines is 2. The lowest BCUT2D eigenvalue weighted by Crippen LogP contribution is -2.47. The quantitative estimate of drug-likeness (QED) is 0.515. The van der Waals surface area contributed by atoms with Gasteiger partial charge in [-0.1, -0.05) is 0 Å². The van der Waals surface area contributed by atoms with Crippen LogP contribution >= 0.6 is 0 Å². The van der Waals surface area contributed by atoms with Gasteiger partial charge in [0.15, 0.2) is 23.4 Å². The van der Waals surface area contributed by atoms with E-state index in [0.29, 0.717) is 55.7 Å². The Kier molecular flexibility index (Phi) is 5.98. The first-order chi connectivity index (χ1) is 18.6. The van der Waals surface area contributed by atoms with Gasteiger partial charge in [-0.25, -0.2) is 9.67 Å². The molecule has 11 nitrogen and oxygen atoms in total. The molecule has 3 aromatic rings. The monoisotopic (exact) mass is 518 g/mol. The number of pyridine rings is 1. The highest BCUT2D eigenvalue weighted by Crippen LogP contribution is 2.39. The van der Waals surface area contributed by atoms with Crippen molar-refractivity contribution in [1.82, 2.24) is 24.5 Å². The van der Waals surface area contributed by atoms with Crippen LogP contribution in [0.25, 0.3) is 16.9 Å². The second-order valence-electron chi connectivity index (χ2n) is 10.9. The number of aryl methyl sites for hydroxylation is 1. The Hall–Kier alpha value is -3.20. The molecule has 11 heteroatoms. The van der Waals surface area contributed by atoms with Crippen LogP contribution < -0.4 is 9.80 Å². The third kappa shape index (κ3) is 3.85. The molecular formula is C27H34N8O3. The predicted molar refractivity (Wildman–Crippen MR) is 141 cm³/mol. The van der Waals surface area contributed by atoms with Gasteiger partial charge >= 0.3 is 0 Å². The number of ether oxygens (including phenoxy) is 3.